The van der Waals surface area contributed by atoms with E-state index in [0.717, 1.165) is 16.7 Å². The zero-order chi connectivity index (χ0) is 17.6. The van der Waals surface area contributed by atoms with Crippen molar-refractivity contribution in [3.8, 4) is 0 Å². The number of benzene rings is 1. The molecule has 1 N–H and O–H groups in total. The van der Waals surface area contributed by atoms with E-state index in [1.54, 1.807) is 18.2 Å². The first-order valence-corrected chi connectivity index (χ1v) is 7.80. The Labute approximate surface area is 143 Å². The third-order valence-electron chi connectivity index (χ3n) is 3.52. The summed E-state index contributed by atoms with van der Waals surface area (Å²) in [5, 5.41) is 10.2. The minimum Gasteiger partial charge on any atom is -0.401 e. The first-order valence-electron chi connectivity index (χ1n) is 6.98. The van der Waals surface area contributed by atoms with Crippen molar-refractivity contribution in [3.63, 3.8) is 0 Å². The van der Waals surface area contributed by atoms with E-state index in [4.69, 9.17) is 4.42 Å². The highest BCUT2D eigenvalue weighted by atomic mass is 32.2. The lowest BCUT2D eigenvalue weighted by Gasteiger charge is -2.12. The van der Waals surface area contributed by atoms with Gasteiger partial charge in [-0.05, 0) is 36.0 Å². The van der Waals surface area contributed by atoms with Crippen LogP contribution in [0, 0.1) is 10.1 Å². The second-order valence-electron chi connectivity index (χ2n) is 5.05. The van der Waals surface area contributed by atoms with Crippen LogP contribution < -0.4 is 4.90 Å². The van der Waals surface area contributed by atoms with Gasteiger partial charge in [0.15, 0.2) is 0 Å². The predicted octanol–water partition coefficient (Wildman–Crippen LogP) is 3.31. The Balaban J connectivity index is 1.67. The Morgan fingerprint density at radius 3 is 2.88 bits per heavy atom. The number of carbonyl (C=O) groups is 2. The first-order chi connectivity index (χ1) is 12.0. The number of nitrogens with one attached hydrogen (secondary N) is 1. The van der Waals surface area contributed by atoms with Crippen molar-refractivity contribution in [1.29, 1.82) is 0 Å². The molecule has 2 amide bonds. The summed E-state index contributed by atoms with van der Waals surface area (Å²) in [6.45, 7) is 0. The number of H-pyrrole nitrogens is 1. The monoisotopic (exact) mass is 356 g/mol. The first kappa shape index (κ1) is 15.1. The van der Waals surface area contributed by atoms with E-state index in [1.165, 1.54) is 24.5 Å². The van der Waals surface area contributed by atoms with E-state index in [-0.39, 0.29) is 10.7 Å². The molecular formula is C15H8N4O5S. The second-order valence-corrected chi connectivity index (χ2v) is 6.05. The van der Waals surface area contributed by atoms with Gasteiger partial charge in [-0.15, -0.1) is 0 Å². The van der Waals surface area contributed by atoms with Gasteiger partial charge in [-0.2, -0.15) is 0 Å². The minimum atomic E-state index is -0.678. The molecule has 0 bridgehead atoms. The molecule has 0 aliphatic carbocycles. The van der Waals surface area contributed by atoms with Crippen molar-refractivity contribution >= 4 is 51.6 Å². The fraction of sp³-hybridized carbons (Fsp3) is 0. The molecule has 1 aromatic carbocycles. The highest BCUT2D eigenvalue weighted by Crippen LogP contribution is 2.36. The van der Waals surface area contributed by atoms with Gasteiger partial charge >= 0.3 is 5.88 Å². The highest BCUT2D eigenvalue weighted by molar-refractivity contribution is 8.19. The van der Waals surface area contributed by atoms with Gasteiger partial charge in [0, 0.05) is 6.08 Å². The smallest absolute Gasteiger partial charge is 0.401 e. The normalized spacial score (nSPS) is 16.3. The summed E-state index contributed by atoms with van der Waals surface area (Å²) in [6, 6.07) is 7.52. The fourth-order valence-electron chi connectivity index (χ4n) is 2.40. The average Bonchev–Trinajstić information content (AvgIpc) is 3.27. The van der Waals surface area contributed by atoms with Crippen LogP contribution in [0.4, 0.5) is 16.4 Å². The third-order valence-corrected chi connectivity index (χ3v) is 4.39. The van der Waals surface area contributed by atoms with Crippen molar-refractivity contribution in [3.05, 3.63) is 57.4 Å². The molecule has 0 radical (unpaired) electrons. The number of imidazole rings is 1. The summed E-state index contributed by atoms with van der Waals surface area (Å²) >= 11 is 0.739. The molecule has 0 saturated carbocycles. The van der Waals surface area contributed by atoms with Gasteiger partial charge in [-0.1, -0.05) is 0 Å². The number of hydrogen-bond donors (Lipinski definition) is 1. The molecule has 124 valence electrons. The fourth-order valence-corrected chi connectivity index (χ4v) is 3.22. The largest absolute Gasteiger partial charge is 0.433 e. The number of anilines is 1. The van der Waals surface area contributed by atoms with Gasteiger partial charge in [-0.25, -0.2) is 9.88 Å². The van der Waals surface area contributed by atoms with Gasteiger partial charge in [0.25, 0.3) is 11.1 Å². The zero-order valence-electron chi connectivity index (χ0n) is 12.3. The summed E-state index contributed by atoms with van der Waals surface area (Å²) in [7, 11) is 0. The molecule has 1 aliphatic rings. The van der Waals surface area contributed by atoms with Crippen molar-refractivity contribution in [2.24, 2.45) is 0 Å². The zero-order valence-corrected chi connectivity index (χ0v) is 13.1. The lowest BCUT2D eigenvalue weighted by atomic mass is 10.2. The Hall–Kier alpha value is -3.40. The molecule has 0 spiro atoms. The number of rotatable bonds is 3. The Kier molecular flexibility index (Phi) is 3.39. The lowest BCUT2D eigenvalue weighted by Crippen LogP contribution is -2.27. The van der Waals surface area contributed by atoms with E-state index in [9.17, 15) is 19.7 Å². The molecule has 4 rings (SSSR count). The number of aromatic nitrogens is 2. The number of amides is 2. The van der Waals surface area contributed by atoms with Crippen LogP contribution in [-0.2, 0) is 4.79 Å². The van der Waals surface area contributed by atoms with Crippen LogP contribution in [0.15, 0.2) is 46.0 Å². The number of imide groups is 1. The van der Waals surface area contributed by atoms with E-state index in [1.807, 2.05) is 0 Å². The third kappa shape index (κ3) is 2.58. The molecule has 2 aromatic heterocycles. The van der Waals surface area contributed by atoms with Crippen LogP contribution in [0.25, 0.3) is 17.1 Å². The van der Waals surface area contributed by atoms with E-state index < -0.39 is 22.0 Å². The van der Waals surface area contributed by atoms with Gasteiger partial charge in [0.05, 0.1) is 34.0 Å². The SMILES string of the molecule is O=C1S/C(=C\c2ccc([N+](=O)[O-])o2)C(=O)N1c1ccc2nc[nH]c2c1. The molecule has 1 aliphatic heterocycles. The summed E-state index contributed by atoms with van der Waals surface area (Å²) in [4.78, 5) is 42.9. The quantitative estimate of drug-likeness (QED) is 0.434. The molecule has 9 nitrogen and oxygen atoms in total. The van der Waals surface area contributed by atoms with Gasteiger partial charge in [-0.3, -0.25) is 19.7 Å². The Morgan fingerprint density at radius 1 is 1.28 bits per heavy atom. The van der Waals surface area contributed by atoms with Gasteiger partial charge in [0.2, 0.25) is 0 Å². The van der Waals surface area contributed by atoms with Crippen molar-refractivity contribution in [1.82, 2.24) is 9.97 Å². The summed E-state index contributed by atoms with van der Waals surface area (Å²) in [6.07, 6.45) is 2.83. The van der Waals surface area contributed by atoms with E-state index in [2.05, 4.69) is 9.97 Å². The van der Waals surface area contributed by atoms with Crippen LogP contribution >= 0.6 is 11.8 Å². The van der Waals surface area contributed by atoms with Crippen LogP contribution in [-0.4, -0.2) is 26.0 Å². The van der Waals surface area contributed by atoms with Crippen molar-refractivity contribution in [2.75, 3.05) is 4.90 Å². The maximum absolute atomic E-state index is 12.6. The standard InChI is InChI=1S/C15H8N4O5S/c20-14-12(6-9-2-4-13(24-9)19(22)23)25-15(21)18(14)8-1-3-10-11(5-8)17-7-16-10/h1-7H,(H,16,17)/b12-6-. The molecule has 3 heterocycles. The maximum Gasteiger partial charge on any atom is 0.433 e. The number of fused-ring (bicyclic) bond motifs is 1. The molecule has 1 fully saturated rings. The number of nitro groups is 1. The molecule has 1 saturated heterocycles. The van der Waals surface area contributed by atoms with E-state index >= 15 is 0 Å². The number of hydrogen-bond acceptors (Lipinski definition) is 7. The van der Waals surface area contributed by atoms with Gasteiger partial charge < -0.3 is 9.40 Å². The number of thioether (sulfide) groups is 1. The molecule has 0 atom stereocenters. The van der Waals surface area contributed by atoms with Crippen LogP contribution in [0.5, 0.6) is 0 Å². The molecule has 3 aromatic rings. The Morgan fingerprint density at radius 2 is 2.12 bits per heavy atom. The summed E-state index contributed by atoms with van der Waals surface area (Å²) < 4.78 is 4.99. The number of furan rings is 1. The molecule has 0 unspecified atom stereocenters. The summed E-state index contributed by atoms with van der Waals surface area (Å²) in [5.74, 6) is -0.829. The molecule has 10 heteroatoms. The number of carbonyl (C=O) groups excluding carboxylic acids is 2. The number of aromatic amines is 1. The Bertz CT molecular complexity index is 1070. The lowest BCUT2D eigenvalue weighted by molar-refractivity contribution is -0.402. The van der Waals surface area contributed by atoms with Gasteiger partial charge in [0.1, 0.15) is 10.7 Å². The van der Waals surface area contributed by atoms with E-state index in [0.29, 0.717) is 16.7 Å². The van der Waals surface area contributed by atoms with Crippen molar-refractivity contribution < 1.29 is 18.9 Å². The predicted molar refractivity (Wildman–Crippen MR) is 89.9 cm³/mol. The second kappa shape index (κ2) is 5.60. The molecule has 25 heavy (non-hydrogen) atoms. The highest BCUT2D eigenvalue weighted by Gasteiger charge is 2.36. The van der Waals surface area contributed by atoms with Crippen LogP contribution in [0.1, 0.15) is 5.76 Å². The maximum atomic E-state index is 12.6. The van der Waals surface area contributed by atoms with Crippen molar-refractivity contribution in [2.45, 2.75) is 0 Å². The number of nitrogens with zero attached hydrogens (tertiary/aromatic N) is 3. The summed E-state index contributed by atoms with van der Waals surface area (Å²) in [5.41, 5.74) is 1.82. The topological polar surface area (TPSA) is 122 Å². The van der Waals surface area contributed by atoms with Crippen LogP contribution in [0.3, 0.4) is 0 Å². The molecular weight excluding hydrogens is 348 g/mol. The minimum absolute atomic E-state index is 0.124. The van der Waals surface area contributed by atoms with Crippen LogP contribution in [0.2, 0.25) is 0 Å². The average molecular weight is 356 g/mol.